The minimum Gasteiger partial charge on any atom is -0.0721 e. The van der Waals surface area contributed by atoms with Gasteiger partial charge in [0.1, 0.15) is 0 Å². The van der Waals surface area contributed by atoms with Gasteiger partial charge in [0, 0.05) is 37.5 Å². The molecule has 0 amide bonds. The van der Waals surface area contributed by atoms with E-state index in [0.29, 0.717) is 15.1 Å². The molecule has 0 rings (SSSR count). The molecule has 0 aliphatic rings. The highest BCUT2D eigenvalue weighted by molar-refractivity contribution is 8.06. The number of hydrogen-bond donors (Lipinski definition) is 0. The average molecular weight is 475 g/mol. The third-order valence-electron chi connectivity index (χ3n) is 7.12. The second-order valence-electron chi connectivity index (χ2n) is 15.1. The molecule has 0 aromatic rings. The summed E-state index contributed by atoms with van der Waals surface area (Å²) in [5, 5.41) is 1.33. The summed E-state index contributed by atoms with van der Waals surface area (Å²) in [6, 6.07) is 0. The van der Waals surface area contributed by atoms with Crippen LogP contribution < -0.4 is 0 Å². The van der Waals surface area contributed by atoms with Gasteiger partial charge in [0.2, 0.25) is 0 Å². The molecule has 0 fully saturated rings. The van der Waals surface area contributed by atoms with Crippen molar-refractivity contribution in [3.8, 4) is 0 Å². The minimum atomic E-state index is -1.67. The summed E-state index contributed by atoms with van der Waals surface area (Å²) in [6.07, 6.45) is -1.36. The van der Waals surface area contributed by atoms with Crippen molar-refractivity contribution in [1.82, 2.24) is 0 Å². The topological polar surface area (TPSA) is 0 Å². The Kier molecular flexibility index (Phi) is 7.82. The highest BCUT2D eigenvalue weighted by atomic mass is 30.2. The fourth-order valence-corrected chi connectivity index (χ4v) is 185. The van der Waals surface area contributed by atoms with Crippen LogP contribution in [0.3, 0.4) is 0 Å². The predicted octanol–water partition coefficient (Wildman–Crippen LogP) is 8.23. The molecule has 0 heterocycles. The monoisotopic (exact) mass is 474 g/mol. The summed E-state index contributed by atoms with van der Waals surface area (Å²) in [6.45, 7) is 48.7. The Bertz CT molecular complexity index is 390. The molecule has 162 valence electrons. The Hall–Kier alpha value is 1.30. The van der Waals surface area contributed by atoms with Crippen molar-refractivity contribution in [1.29, 1.82) is 0 Å². The summed E-state index contributed by atoms with van der Waals surface area (Å²) in [7, 11) is -4.08. The normalized spacial score (nSPS) is 16.7. The molecule has 0 saturated heterocycles. The first-order valence-electron chi connectivity index (χ1n) is 11.0. The minimum absolute atomic E-state index is 0.444. The molecule has 0 unspecified atom stereocenters. The van der Waals surface area contributed by atoms with Crippen molar-refractivity contribution in [3.05, 3.63) is 0 Å². The summed E-state index contributed by atoms with van der Waals surface area (Å²) in [5.74, 6) is 0. The van der Waals surface area contributed by atoms with E-state index in [1.807, 2.05) is 0 Å². The molecule has 0 spiro atoms. The van der Waals surface area contributed by atoms with E-state index in [0.717, 1.165) is 0 Å². The first kappa shape index (κ1) is 28.3. The molecule has 27 heavy (non-hydrogen) atoms. The second-order valence-corrected chi connectivity index (χ2v) is 73.1. The van der Waals surface area contributed by atoms with Crippen LogP contribution in [-0.2, 0) is 0 Å². The maximum atomic E-state index is 2.79. The van der Waals surface area contributed by atoms with E-state index in [4.69, 9.17) is 0 Å². The third-order valence-corrected chi connectivity index (χ3v) is 128. The summed E-state index contributed by atoms with van der Waals surface area (Å²) < 4.78 is 0. The second kappa shape index (κ2) is 7.46. The molecule has 0 atom stereocenters. The zero-order valence-corrected chi connectivity index (χ0v) is 28.5. The summed E-state index contributed by atoms with van der Waals surface area (Å²) >= 11 is 0. The van der Waals surface area contributed by atoms with Gasteiger partial charge < -0.3 is 0 Å². The van der Waals surface area contributed by atoms with Crippen LogP contribution in [0, 0.1) is 0 Å². The quantitative estimate of drug-likeness (QED) is 0.352. The molecule has 0 N–H and O–H groups in total. The SMILES string of the molecule is CC(C)(C)[Si]([Si][Si]([Si](C)(C)C)([Si](C)(C)C)[Si](C)(C)C)(C(C)(C)C)C(C)(C)C. The van der Waals surface area contributed by atoms with E-state index in [1.165, 1.54) is 8.55 Å². The molecule has 0 nitrogen and oxygen atoms in total. The van der Waals surface area contributed by atoms with Crippen LogP contribution in [0.25, 0.3) is 0 Å². The van der Waals surface area contributed by atoms with E-state index in [1.54, 1.807) is 0 Å². The molecule has 0 saturated carbocycles. The largest absolute Gasteiger partial charge is 0.0721 e. The van der Waals surface area contributed by atoms with Gasteiger partial charge in [-0.3, -0.25) is 0 Å². The van der Waals surface area contributed by atoms with Crippen molar-refractivity contribution in [2.45, 2.75) is 136 Å². The van der Waals surface area contributed by atoms with Crippen molar-refractivity contribution in [2.75, 3.05) is 0 Å². The maximum absolute atomic E-state index is 2.79. The van der Waals surface area contributed by atoms with Crippen LogP contribution in [0.4, 0.5) is 0 Å². The van der Waals surface area contributed by atoms with Gasteiger partial charge >= 0.3 is 0 Å². The Morgan fingerprint density at radius 3 is 0.704 bits per heavy atom. The Morgan fingerprint density at radius 2 is 0.593 bits per heavy atom. The van der Waals surface area contributed by atoms with Crippen LogP contribution in [0.15, 0.2) is 0 Å². The fourth-order valence-electron chi connectivity index (χ4n) is 8.16. The molecular formula is C21H54Si6. The van der Waals surface area contributed by atoms with Gasteiger partial charge in [-0.1, -0.05) is 121 Å². The Labute approximate surface area is 180 Å². The zero-order valence-electron chi connectivity index (χ0n) is 22.5. The van der Waals surface area contributed by atoms with Gasteiger partial charge in [0.25, 0.3) is 0 Å². The lowest BCUT2D eigenvalue weighted by atomic mass is 10.2. The van der Waals surface area contributed by atoms with Crippen molar-refractivity contribution < 1.29 is 0 Å². The first-order chi connectivity index (χ1) is 11.2. The highest BCUT2D eigenvalue weighted by Gasteiger charge is 2.69. The lowest BCUT2D eigenvalue weighted by molar-refractivity contribution is 0.556. The average Bonchev–Trinajstić information content (AvgIpc) is 2.16. The van der Waals surface area contributed by atoms with E-state index >= 15 is 0 Å². The molecule has 0 aromatic heterocycles. The van der Waals surface area contributed by atoms with E-state index in [9.17, 15) is 0 Å². The van der Waals surface area contributed by atoms with Gasteiger partial charge in [-0.15, -0.1) is 0 Å². The van der Waals surface area contributed by atoms with Gasteiger partial charge in [0.15, 0.2) is 0 Å². The van der Waals surface area contributed by atoms with Crippen molar-refractivity contribution in [3.63, 3.8) is 0 Å². The lowest BCUT2D eigenvalue weighted by Gasteiger charge is -2.68. The van der Waals surface area contributed by atoms with Gasteiger partial charge in [-0.2, -0.15) is 0 Å². The van der Waals surface area contributed by atoms with Gasteiger partial charge in [0.05, 0.1) is 7.59 Å². The van der Waals surface area contributed by atoms with Crippen molar-refractivity contribution in [2.24, 2.45) is 0 Å². The van der Waals surface area contributed by atoms with Gasteiger partial charge in [-0.25, -0.2) is 0 Å². The van der Waals surface area contributed by atoms with Crippen LogP contribution in [0.1, 0.15) is 62.3 Å². The standard InChI is InChI=1S/C21H54Si6/c1-19(2,3)26(20(4,5)6,21(7,8)9)22-27(23(10,11)12,24(13,14)15)25(16,17)18/h1-18H3. The van der Waals surface area contributed by atoms with Crippen LogP contribution in [0.5, 0.6) is 0 Å². The van der Waals surface area contributed by atoms with Gasteiger partial charge in [-0.05, 0) is 15.1 Å². The molecule has 0 aliphatic carbocycles. The van der Waals surface area contributed by atoms with Crippen LogP contribution >= 0.6 is 0 Å². The fraction of sp³-hybridized carbons (Fsp3) is 1.00. The maximum Gasteiger partial charge on any atom is 0.0540 e. The first-order valence-corrected chi connectivity index (χ1v) is 31.5. The van der Waals surface area contributed by atoms with Crippen molar-refractivity contribution >= 4 is 45.1 Å². The van der Waals surface area contributed by atoms with E-state index in [2.05, 4.69) is 121 Å². The zero-order chi connectivity index (χ0) is 22.7. The molecule has 0 aliphatic heterocycles. The number of hydrogen-bond acceptors (Lipinski definition) is 0. The molecular weight excluding hydrogens is 421 g/mol. The van der Waals surface area contributed by atoms with E-state index < -0.39 is 36.5 Å². The lowest BCUT2D eigenvalue weighted by Crippen LogP contribution is -2.91. The summed E-state index contributed by atoms with van der Waals surface area (Å²) in [5.41, 5.74) is 0. The van der Waals surface area contributed by atoms with Crippen LogP contribution in [-0.4, -0.2) is 45.1 Å². The number of rotatable bonds is 5. The molecule has 6 heteroatoms. The van der Waals surface area contributed by atoms with E-state index in [-0.39, 0.29) is 0 Å². The molecule has 0 aromatic carbocycles. The van der Waals surface area contributed by atoms with Crippen LogP contribution in [0.2, 0.25) is 74.0 Å². The molecule has 2 radical (unpaired) electrons. The highest BCUT2D eigenvalue weighted by Crippen LogP contribution is 2.63. The Morgan fingerprint density at radius 1 is 0.407 bits per heavy atom. The predicted molar refractivity (Wildman–Crippen MR) is 146 cm³/mol. The smallest absolute Gasteiger partial charge is 0.0540 e. The summed E-state index contributed by atoms with van der Waals surface area (Å²) in [4.78, 5) is 0. The molecule has 0 bridgehead atoms. The third kappa shape index (κ3) is 4.65. The Balaban J connectivity index is 7.45.